The summed E-state index contributed by atoms with van der Waals surface area (Å²) >= 11 is 0. The maximum Gasteiger partial charge on any atom is 0.119 e. The lowest BCUT2D eigenvalue weighted by atomic mass is 10.0. The first-order valence-electron chi connectivity index (χ1n) is 13.1. The predicted molar refractivity (Wildman–Crippen MR) is 141 cm³/mol. The molecule has 2 rings (SSSR count). The number of hydrogen-bond donors (Lipinski definition) is 0. The fourth-order valence-electron chi connectivity index (χ4n) is 3.92. The van der Waals surface area contributed by atoms with E-state index in [0.717, 1.165) is 30.0 Å². The van der Waals surface area contributed by atoms with E-state index in [1.54, 1.807) is 0 Å². The zero-order valence-electron chi connectivity index (χ0n) is 20.7. The van der Waals surface area contributed by atoms with Gasteiger partial charge >= 0.3 is 0 Å². The number of nitrogens with zero attached hydrogens (tertiary/aromatic N) is 1. The van der Waals surface area contributed by atoms with Gasteiger partial charge in [0.05, 0.1) is 12.3 Å². The molecule has 0 fully saturated rings. The topological polar surface area (TPSA) is 21.6 Å². The van der Waals surface area contributed by atoms with Gasteiger partial charge in [0.1, 0.15) is 5.75 Å². The molecule has 0 spiro atoms. The van der Waals surface area contributed by atoms with Crippen molar-refractivity contribution in [2.45, 2.75) is 104 Å². The molecule has 2 nitrogen and oxygen atoms in total. The molecule has 2 aromatic carbocycles. The molecule has 0 aliphatic heterocycles. The molecule has 0 N–H and O–H groups in total. The van der Waals surface area contributed by atoms with E-state index < -0.39 is 0 Å². The van der Waals surface area contributed by atoms with Crippen LogP contribution in [0.15, 0.2) is 53.5 Å². The van der Waals surface area contributed by atoms with Crippen LogP contribution in [0, 0.1) is 6.92 Å². The second-order valence-electron chi connectivity index (χ2n) is 9.11. The van der Waals surface area contributed by atoms with Gasteiger partial charge in [0, 0.05) is 6.21 Å². The van der Waals surface area contributed by atoms with E-state index in [-0.39, 0.29) is 0 Å². The molecule has 0 aliphatic rings. The predicted octanol–water partition coefficient (Wildman–Crippen LogP) is 9.61. The van der Waals surface area contributed by atoms with Gasteiger partial charge in [0.15, 0.2) is 0 Å². The van der Waals surface area contributed by atoms with Gasteiger partial charge in [-0.1, -0.05) is 120 Å². The maximum atomic E-state index is 5.89. The molecule has 0 saturated heterocycles. The van der Waals surface area contributed by atoms with Crippen LogP contribution in [-0.4, -0.2) is 12.8 Å². The molecule has 0 aromatic heterocycles. The van der Waals surface area contributed by atoms with Crippen LogP contribution in [0.4, 0.5) is 5.69 Å². The van der Waals surface area contributed by atoms with E-state index in [0.29, 0.717) is 0 Å². The van der Waals surface area contributed by atoms with Gasteiger partial charge in [-0.25, -0.2) is 0 Å². The monoisotopic (exact) mass is 435 g/mol. The third kappa shape index (κ3) is 12.7. The second-order valence-corrected chi connectivity index (χ2v) is 9.11. The van der Waals surface area contributed by atoms with Crippen molar-refractivity contribution in [3.63, 3.8) is 0 Å². The first-order valence-corrected chi connectivity index (χ1v) is 13.1. The minimum Gasteiger partial charge on any atom is -0.494 e. The Kier molecular flexibility index (Phi) is 14.3. The maximum absolute atomic E-state index is 5.89. The van der Waals surface area contributed by atoms with E-state index >= 15 is 0 Å². The fourth-order valence-corrected chi connectivity index (χ4v) is 3.92. The number of ether oxygens (including phenoxy) is 1. The largest absolute Gasteiger partial charge is 0.494 e. The molecular formula is C30H45NO. The summed E-state index contributed by atoms with van der Waals surface area (Å²) in [6, 6.07) is 16.5. The zero-order valence-corrected chi connectivity index (χ0v) is 20.7. The van der Waals surface area contributed by atoms with Gasteiger partial charge in [-0.15, -0.1) is 0 Å². The Morgan fingerprint density at radius 1 is 0.625 bits per heavy atom. The highest BCUT2D eigenvalue weighted by atomic mass is 16.5. The van der Waals surface area contributed by atoms with Crippen LogP contribution >= 0.6 is 0 Å². The number of aliphatic imine (C=N–C) groups is 1. The van der Waals surface area contributed by atoms with Crippen molar-refractivity contribution < 1.29 is 4.74 Å². The Bertz CT molecular complexity index is 718. The highest BCUT2D eigenvalue weighted by Gasteiger charge is 1.97. The van der Waals surface area contributed by atoms with Crippen molar-refractivity contribution in [3.8, 4) is 5.75 Å². The third-order valence-corrected chi connectivity index (χ3v) is 6.04. The lowest BCUT2D eigenvalue weighted by Crippen LogP contribution is -1.97. The Hall–Kier alpha value is -2.09. The third-order valence-electron chi connectivity index (χ3n) is 6.04. The first-order chi connectivity index (χ1) is 15.8. The van der Waals surface area contributed by atoms with Gasteiger partial charge in [0.25, 0.3) is 0 Å². The molecule has 0 saturated carbocycles. The zero-order chi connectivity index (χ0) is 22.7. The molecule has 2 heteroatoms. The number of unbranched alkanes of at least 4 members (excludes halogenated alkanes) is 13. The number of benzene rings is 2. The summed E-state index contributed by atoms with van der Waals surface area (Å²) in [6.07, 6.45) is 21.3. The van der Waals surface area contributed by atoms with E-state index in [1.165, 1.54) is 89.0 Å². The van der Waals surface area contributed by atoms with E-state index in [4.69, 9.17) is 4.74 Å². The van der Waals surface area contributed by atoms with Crippen LogP contribution in [0.5, 0.6) is 5.75 Å². The summed E-state index contributed by atoms with van der Waals surface area (Å²) in [5.74, 6) is 0.939. The lowest BCUT2D eigenvalue weighted by molar-refractivity contribution is 0.304. The Labute approximate surface area is 197 Å². The summed E-state index contributed by atoms with van der Waals surface area (Å²) in [5, 5.41) is 0. The summed E-state index contributed by atoms with van der Waals surface area (Å²) in [7, 11) is 0. The molecule has 0 radical (unpaired) electrons. The fraction of sp³-hybridized carbons (Fsp3) is 0.567. The minimum atomic E-state index is 0.810. The SMILES string of the molecule is CCCCCCCCCCCCCCCCOc1ccc(N=Cc2ccc(C)cc2)cc1. The number of rotatable bonds is 18. The summed E-state index contributed by atoms with van der Waals surface area (Å²) in [4.78, 5) is 4.54. The molecular weight excluding hydrogens is 390 g/mol. The molecule has 0 aliphatic carbocycles. The molecule has 0 bridgehead atoms. The van der Waals surface area contributed by atoms with Gasteiger partial charge in [0.2, 0.25) is 0 Å². The molecule has 0 amide bonds. The summed E-state index contributed by atoms with van der Waals surface area (Å²) in [6.45, 7) is 5.19. The van der Waals surface area contributed by atoms with Crippen molar-refractivity contribution in [2.24, 2.45) is 4.99 Å². The second kappa shape index (κ2) is 17.5. The van der Waals surface area contributed by atoms with Gasteiger partial charge in [-0.05, 0) is 43.2 Å². The summed E-state index contributed by atoms with van der Waals surface area (Å²) < 4.78 is 5.89. The van der Waals surface area contributed by atoms with Crippen molar-refractivity contribution in [2.75, 3.05) is 6.61 Å². The van der Waals surface area contributed by atoms with Crippen molar-refractivity contribution in [1.82, 2.24) is 0 Å². The van der Waals surface area contributed by atoms with Gasteiger partial charge in [-0.2, -0.15) is 0 Å². The highest BCUT2D eigenvalue weighted by molar-refractivity contribution is 5.81. The summed E-state index contributed by atoms with van der Waals surface area (Å²) in [5.41, 5.74) is 3.34. The Balaban J connectivity index is 1.43. The van der Waals surface area contributed by atoms with Crippen molar-refractivity contribution in [1.29, 1.82) is 0 Å². The molecule has 0 atom stereocenters. The minimum absolute atomic E-state index is 0.810. The molecule has 2 aromatic rings. The Morgan fingerprint density at radius 3 is 1.66 bits per heavy atom. The van der Waals surface area contributed by atoms with E-state index in [2.05, 4.69) is 43.1 Å². The van der Waals surface area contributed by atoms with Gasteiger partial charge in [-0.3, -0.25) is 4.99 Å². The van der Waals surface area contributed by atoms with Gasteiger partial charge < -0.3 is 4.74 Å². The van der Waals surface area contributed by atoms with Crippen LogP contribution in [0.2, 0.25) is 0 Å². The van der Waals surface area contributed by atoms with Crippen LogP contribution < -0.4 is 4.74 Å². The molecule has 176 valence electrons. The first kappa shape index (κ1) is 26.2. The molecule has 0 unspecified atom stereocenters. The van der Waals surface area contributed by atoms with E-state index in [9.17, 15) is 0 Å². The highest BCUT2D eigenvalue weighted by Crippen LogP contribution is 2.19. The quantitative estimate of drug-likeness (QED) is 0.169. The lowest BCUT2D eigenvalue weighted by Gasteiger charge is -2.06. The average Bonchev–Trinajstić information content (AvgIpc) is 2.82. The molecule has 32 heavy (non-hydrogen) atoms. The van der Waals surface area contributed by atoms with E-state index in [1.807, 2.05) is 30.5 Å². The molecule has 0 heterocycles. The normalized spacial score (nSPS) is 11.3. The van der Waals surface area contributed by atoms with Crippen LogP contribution in [-0.2, 0) is 0 Å². The average molecular weight is 436 g/mol. The van der Waals surface area contributed by atoms with Crippen LogP contribution in [0.3, 0.4) is 0 Å². The van der Waals surface area contributed by atoms with Crippen LogP contribution in [0.1, 0.15) is 108 Å². The smallest absolute Gasteiger partial charge is 0.119 e. The number of aryl methyl sites for hydroxylation is 1. The van der Waals surface area contributed by atoms with Crippen molar-refractivity contribution in [3.05, 3.63) is 59.7 Å². The Morgan fingerprint density at radius 2 is 1.12 bits per heavy atom. The van der Waals surface area contributed by atoms with Crippen molar-refractivity contribution >= 4 is 11.9 Å². The standard InChI is InChI=1S/C30H45NO/c1-3-4-5-6-7-8-9-10-11-12-13-14-15-16-25-32-30-23-21-29(22-24-30)31-26-28-19-17-27(2)18-20-28/h17-24,26H,3-16,25H2,1-2H3. The van der Waals surface area contributed by atoms with Crippen LogP contribution in [0.25, 0.3) is 0 Å². The number of hydrogen-bond acceptors (Lipinski definition) is 2.